The molecule has 1 aliphatic heterocycles. The van der Waals surface area contributed by atoms with E-state index in [9.17, 15) is 4.79 Å². The van der Waals surface area contributed by atoms with Crippen molar-refractivity contribution < 1.29 is 4.79 Å². The number of H-pyrrole nitrogens is 1. The smallest absolute Gasteiger partial charge is 0.233 e. The Bertz CT molecular complexity index is 568. The molecule has 19 heavy (non-hydrogen) atoms. The number of rotatable bonds is 3. The van der Waals surface area contributed by atoms with Crippen LogP contribution in [0.25, 0.3) is 0 Å². The van der Waals surface area contributed by atoms with Crippen LogP contribution in [0.15, 0.2) is 41.8 Å². The van der Waals surface area contributed by atoms with Crippen molar-refractivity contribution in [2.45, 2.75) is 18.1 Å². The SMILES string of the molecule is O=C(CSc1ncc[nH]1)N1CCc2ccccc2C1. The first-order chi connectivity index (χ1) is 9.33. The highest BCUT2D eigenvalue weighted by molar-refractivity contribution is 7.99. The maximum atomic E-state index is 12.2. The molecule has 5 heteroatoms. The lowest BCUT2D eigenvalue weighted by Gasteiger charge is -2.28. The quantitative estimate of drug-likeness (QED) is 0.871. The molecule has 2 heterocycles. The molecule has 1 amide bonds. The van der Waals surface area contributed by atoms with Gasteiger partial charge in [0, 0.05) is 25.5 Å². The van der Waals surface area contributed by atoms with E-state index in [1.807, 2.05) is 11.0 Å². The summed E-state index contributed by atoms with van der Waals surface area (Å²) in [6.45, 7) is 1.54. The summed E-state index contributed by atoms with van der Waals surface area (Å²) in [5, 5.41) is 0.797. The van der Waals surface area contributed by atoms with Gasteiger partial charge < -0.3 is 9.88 Å². The molecule has 0 atom stereocenters. The van der Waals surface area contributed by atoms with Crippen molar-refractivity contribution in [1.82, 2.24) is 14.9 Å². The molecule has 2 aromatic rings. The van der Waals surface area contributed by atoms with Crippen LogP contribution >= 0.6 is 11.8 Å². The van der Waals surface area contributed by atoms with Gasteiger partial charge in [-0.15, -0.1) is 0 Å². The highest BCUT2D eigenvalue weighted by atomic mass is 32.2. The average Bonchev–Trinajstić information content (AvgIpc) is 2.97. The molecular weight excluding hydrogens is 258 g/mol. The van der Waals surface area contributed by atoms with Crippen LogP contribution in [0, 0.1) is 0 Å². The molecule has 0 saturated carbocycles. The number of hydrogen-bond acceptors (Lipinski definition) is 3. The normalized spacial score (nSPS) is 14.2. The number of amides is 1. The second-order valence-electron chi connectivity index (χ2n) is 4.52. The van der Waals surface area contributed by atoms with E-state index in [0.717, 1.165) is 24.7 Å². The van der Waals surface area contributed by atoms with Crippen molar-refractivity contribution in [2.24, 2.45) is 0 Å². The Morgan fingerprint density at radius 3 is 3.00 bits per heavy atom. The van der Waals surface area contributed by atoms with E-state index in [1.54, 1.807) is 12.4 Å². The third kappa shape index (κ3) is 2.81. The lowest BCUT2D eigenvalue weighted by Crippen LogP contribution is -2.37. The number of fused-ring (bicyclic) bond motifs is 1. The molecule has 0 unspecified atom stereocenters. The third-order valence-corrected chi connectivity index (χ3v) is 4.18. The van der Waals surface area contributed by atoms with Gasteiger partial charge in [0.1, 0.15) is 0 Å². The number of benzene rings is 1. The van der Waals surface area contributed by atoms with Gasteiger partial charge in [0.25, 0.3) is 0 Å². The molecule has 1 N–H and O–H groups in total. The van der Waals surface area contributed by atoms with Gasteiger partial charge in [-0.2, -0.15) is 0 Å². The molecule has 0 fully saturated rings. The van der Waals surface area contributed by atoms with Crippen LogP contribution in [0.2, 0.25) is 0 Å². The largest absolute Gasteiger partial charge is 0.340 e. The maximum Gasteiger partial charge on any atom is 0.233 e. The Kier molecular flexibility index (Phi) is 3.55. The average molecular weight is 273 g/mol. The number of carbonyl (C=O) groups is 1. The van der Waals surface area contributed by atoms with Crippen LogP contribution in [0.3, 0.4) is 0 Å². The van der Waals surface area contributed by atoms with Gasteiger partial charge in [-0.05, 0) is 17.5 Å². The third-order valence-electron chi connectivity index (χ3n) is 3.29. The van der Waals surface area contributed by atoms with Gasteiger partial charge in [-0.25, -0.2) is 4.98 Å². The second-order valence-corrected chi connectivity index (χ2v) is 5.48. The minimum absolute atomic E-state index is 0.177. The molecule has 0 aliphatic carbocycles. The number of hydrogen-bond donors (Lipinski definition) is 1. The predicted octanol–water partition coefficient (Wildman–Crippen LogP) is 2.09. The van der Waals surface area contributed by atoms with Crippen LogP contribution in [0.5, 0.6) is 0 Å². The topological polar surface area (TPSA) is 49.0 Å². The number of aromatic nitrogens is 2. The fraction of sp³-hybridized carbons (Fsp3) is 0.286. The van der Waals surface area contributed by atoms with Crippen molar-refractivity contribution >= 4 is 17.7 Å². The van der Waals surface area contributed by atoms with Gasteiger partial charge in [-0.1, -0.05) is 36.0 Å². The monoisotopic (exact) mass is 273 g/mol. The predicted molar refractivity (Wildman–Crippen MR) is 74.9 cm³/mol. The minimum Gasteiger partial charge on any atom is -0.340 e. The van der Waals surface area contributed by atoms with Gasteiger partial charge in [0.05, 0.1) is 5.75 Å². The van der Waals surface area contributed by atoms with Gasteiger partial charge in [0.15, 0.2) is 5.16 Å². The molecular formula is C14H15N3OS. The molecule has 1 aromatic heterocycles. The summed E-state index contributed by atoms with van der Waals surface area (Å²) in [7, 11) is 0. The number of thioether (sulfide) groups is 1. The van der Waals surface area contributed by atoms with Crippen LogP contribution in [-0.2, 0) is 17.8 Å². The Morgan fingerprint density at radius 1 is 1.37 bits per heavy atom. The van der Waals surface area contributed by atoms with Gasteiger partial charge >= 0.3 is 0 Å². The first-order valence-corrected chi connectivity index (χ1v) is 7.28. The second kappa shape index (κ2) is 5.48. The van der Waals surface area contributed by atoms with E-state index in [4.69, 9.17) is 0 Å². The summed E-state index contributed by atoms with van der Waals surface area (Å²) < 4.78 is 0. The summed E-state index contributed by atoms with van der Waals surface area (Å²) in [5.41, 5.74) is 2.63. The molecule has 98 valence electrons. The van der Waals surface area contributed by atoms with Crippen LogP contribution in [0.1, 0.15) is 11.1 Å². The zero-order valence-electron chi connectivity index (χ0n) is 10.5. The zero-order valence-corrected chi connectivity index (χ0v) is 11.3. The first kappa shape index (κ1) is 12.3. The summed E-state index contributed by atoms with van der Waals surface area (Å²) >= 11 is 1.45. The van der Waals surface area contributed by atoms with Crippen LogP contribution in [-0.4, -0.2) is 33.1 Å². The lowest BCUT2D eigenvalue weighted by molar-refractivity contribution is -0.129. The van der Waals surface area contributed by atoms with E-state index in [2.05, 4.69) is 28.2 Å². The molecule has 0 spiro atoms. The molecule has 0 bridgehead atoms. The summed E-state index contributed by atoms with van der Waals surface area (Å²) in [5.74, 6) is 0.617. The highest BCUT2D eigenvalue weighted by Gasteiger charge is 2.20. The molecule has 1 aliphatic rings. The molecule has 4 nitrogen and oxygen atoms in total. The van der Waals surface area contributed by atoms with Crippen LogP contribution < -0.4 is 0 Å². The fourth-order valence-electron chi connectivity index (χ4n) is 2.26. The standard InChI is InChI=1S/C14H15N3OS/c18-13(10-19-14-15-6-7-16-14)17-8-5-11-3-1-2-4-12(11)9-17/h1-4,6-7H,5,8-10H2,(H,15,16). The lowest BCUT2D eigenvalue weighted by atomic mass is 10.00. The Balaban J connectivity index is 1.60. The fourth-order valence-corrected chi connectivity index (χ4v) is 2.99. The van der Waals surface area contributed by atoms with Gasteiger partial charge in [0.2, 0.25) is 5.91 Å². The maximum absolute atomic E-state index is 12.2. The van der Waals surface area contributed by atoms with Gasteiger partial charge in [-0.3, -0.25) is 4.79 Å². The molecule has 1 aromatic carbocycles. The summed E-state index contributed by atoms with van der Waals surface area (Å²) in [6.07, 6.45) is 4.42. The van der Waals surface area contributed by atoms with Crippen molar-refractivity contribution in [1.29, 1.82) is 0 Å². The van der Waals surface area contributed by atoms with Crippen molar-refractivity contribution in [3.05, 3.63) is 47.8 Å². The molecule has 0 saturated heterocycles. The van der Waals surface area contributed by atoms with E-state index < -0.39 is 0 Å². The van der Waals surface area contributed by atoms with E-state index >= 15 is 0 Å². The summed E-state index contributed by atoms with van der Waals surface area (Å²) in [6, 6.07) is 8.34. The van der Waals surface area contributed by atoms with Crippen molar-refractivity contribution in [3.63, 3.8) is 0 Å². The highest BCUT2D eigenvalue weighted by Crippen LogP contribution is 2.20. The Labute approximate surface area is 116 Å². The Hall–Kier alpha value is -1.75. The number of imidazole rings is 1. The Morgan fingerprint density at radius 2 is 2.21 bits per heavy atom. The molecule has 3 rings (SSSR count). The molecule has 0 radical (unpaired) electrons. The van der Waals surface area contributed by atoms with E-state index in [-0.39, 0.29) is 5.91 Å². The number of nitrogens with zero attached hydrogens (tertiary/aromatic N) is 2. The first-order valence-electron chi connectivity index (χ1n) is 6.29. The van der Waals surface area contributed by atoms with E-state index in [1.165, 1.54) is 22.9 Å². The number of nitrogens with one attached hydrogen (secondary N) is 1. The minimum atomic E-state index is 0.177. The van der Waals surface area contributed by atoms with E-state index in [0.29, 0.717) is 5.75 Å². The summed E-state index contributed by atoms with van der Waals surface area (Å²) in [4.78, 5) is 21.2. The number of carbonyl (C=O) groups excluding carboxylic acids is 1. The zero-order chi connectivity index (χ0) is 13.1. The number of aromatic amines is 1. The van der Waals surface area contributed by atoms with Crippen LogP contribution in [0.4, 0.5) is 0 Å². The van der Waals surface area contributed by atoms with Crippen molar-refractivity contribution in [2.75, 3.05) is 12.3 Å². The van der Waals surface area contributed by atoms with Crippen molar-refractivity contribution in [3.8, 4) is 0 Å².